The second kappa shape index (κ2) is 5.96. The minimum atomic E-state index is -0.668. The van der Waals surface area contributed by atoms with Gasteiger partial charge in [-0.25, -0.2) is 4.79 Å². The zero-order chi connectivity index (χ0) is 17.4. The van der Waals surface area contributed by atoms with Gasteiger partial charge in [0.2, 0.25) is 0 Å². The molecule has 24 heavy (non-hydrogen) atoms. The molecule has 1 aromatic carbocycles. The van der Waals surface area contributed by atoms with Crippen LogP contribution in [0.4, 0.5) is 0 Å². The molecule has 6 heteroatoms. The monoisotopic (exact) mass is 328 g/mol. The van der Waals surface area contributed by atoms with Crippen LogP contribution in [0.1, 0.15) is 36.4 Å². The van der Waals surface area contributed by atoms with E-state index in [1.807, 2.05) is 6.92 Å². The highest BCUT2D eigenvalue weighted by molar-refractivity contribution is 6.15. The molecule has 0 spiro atoms. The Morgan fingerprint density at radius 2 is 1.88 bits per heavy atom. The Morgan fingerprint density at radius 3 is 2.50 bits per heavy atom. The van der Waals surface area contributed by atoms with E-state index in [-0.39, 0.29) is 39.1 Å². The van der Waals surface area contributed by atoms with Crippen molar-refractivity contribution >= 4 is 27.7 Å². The number of hydrogen-bond donors (Lipinski definition) is 0. The molecule has 0 aliphatic carbocycles. The summed E-state index contributed by atoms with van der Waals surface area (Å²) in [6, 6.07) is 4.04. The number of ketones is 1. The third kappa shape index (κ3) is 2.50. The van der Waals surface area contributed by atoms with E-state index in [9.17, 15) is 14.4 Å². The molecule has 0 unspecified atom stereocenters. The highest BCUT2D eigenvalue weighted by Crippen LogP contribution is 2.33. The zero-order valence-corrected chi connectivity index (χ0v) is 13.6. The van der Waals surface area contributed by atoms with Crippen molar-refractivity contribution < 1.29 is 18.4 Å². The molecule has 0 amide bonds. The van der Waals surface area contributed by atoms with Crippen LogP contribution in [0.2, 0.25) is 0 Å². The van der Waals surface area contributed by atoms with Crippen LogP contribution in [0, 0.1) is 0 Å². The summed E-state index contributed by atoms with van der Waals surface area (Å²) in [5.74, 6) is 0.456. The predicted octanol–water partition coefficient (Wildman–Crippen LogP) is 3.06. The van der Waals surface area contributed by atoms with Crippen LogP contribution >= 0.6 is 0 Å². The lowest BCUT2D eigenvalue weighted by Crippen LogP contribution is -2.08. The quantitative estimate of drug-likeness (QED) is 0.415. The number of ether oxygens (including phenoxy) is 1. The Labute approximate surface area is 136 Å². The van der Waals surface area contributed by atoms with Crippen LogP contribution in [0.3, 0.4) is 0 Å². The van der Waals surface area contributed by atoms with Gasteiger partial charge in [0.25, 0.3) is 0 Å². The number of aryl methyl sites for hydroxylation is 1. The van der Waals surface area contributed by atoms with E-state index >= 15 is 0 Å². The molecule has 0 atom stereocenters. The van der Waals surface area contributed by atoms with Gasteiger partial charge in [-0.2, -0.15) is 0 Å². The number of carbonyl (C=O) groups is 1. The lowest BCUT2D eigenvalue weighted by atomic mass is 10.0. The van der Waals surface area contributed by atoms with Gasteiger partial charge in [-0.05, 0) is 19.4 Å². The van der Waals surface area contributed by atoms with Crippen molar-refractivity contribution in [3.05, 3.63) is 50.2 Å². The lowest BCUT2D eigenvalue weighted by molar-refractivity contribution is 0.101. The Kier molecular flexibility index (Phi) is 3.97. The summed E-state index contributed by atoms with van der Waals surface area (Å²) in [6.07, 6.45) is 1.41. The first-order valence-electron chi connectivity index (χ1n) is 7.58. The van der Waals surface area contributed by atoms with Gasteiger partial charge in [0.1, 0.15) is 22.5 Å². The van der Waals surface area contributed by atoms with Crippen LogP contribution in [-0.2, 0) is 6.42 Å². The van der Waals surface area contributed by atoms with Gasteiger partial charge in [0.15, 0.2) is 16.8 Å². The van der Waals surface area contributed by atoms with E-state index in [2.05, 4.69) is 0 Å². The highest BCUT2D eigenvalue weighted by atomic mass is 16.5. The molecule has 0 aliphatic heterocycles. The standard InChI is InChI=1S/C18H16O6/c1-4-5-10-6-12(20)17-14(23-10)7-11(9(2)19)16-13(22-3)8-15(21)24-18(16)17/h6-8H,4-5H2,1-3H3. The zero-order valence-electron chi connectivity index (χ0n) is 13.6. The summed E-state index contributed by atoms with van der Waals surface area (Å²) < 4.78 is 16.2. The molecule has 0 saturated heterocycles. The summed E-state index contributed by atoms with van der Waals surface area (Å²) in [5, 5.41) is 0.429. The Balaban J connectivity index is 2.59. The maximum atomic E-state index is 12.5. The first-order valence-corrected chi connectivity index (χ1v) is 7.58. The number of methoxy groups -OCH3 is 1. The molecule has 0 bridgehead atoms. The number of benzene rings is 1. The number of carbonyl (C=O) groups excluding carboxylic acids is 1. The first-order chi connectivity index (χ1) is 11.5. The predicted molar refractivity (Wildman–Crippen MR) is 89.1 cm³/mol. The molecular formula is C18H16O6. The Morgan fingerprint density at radius 1 is 1.12 bits per heavy atom. The summed E-state index contributed by atoms with van der Waals surface area (Å²) in [6.45, 7) is 3.36. The number of fused-ring (bicyclic) bond motifs is 3. The van der Waals surface area contributed by atoms with Crippen molar-refractivity contribution in [3.63, 3.8) is 0 Å². The number of rotatable bonds is 4. The van der Waals surface area contributed by atoms with Crippen molar-refractivity contribution in [1.82, 2.24) is 0 Å². The molecule has 3 aromatic rings. The largest absolute Gasteiger partial charge is 0.496 e. The number of Topliss-reactive ketones (excluding diaryl/α,β-unsaturated/α-hetero) is 1. The van der Waals surface area contributed by atoms with Crippen molar-refractivity contribution in [3.8, 4) is 5.75 Å². The van der Waals surface area contributed by atoms with E-state index in [0.29, 0.717) is 17.6 Å². The molecule has 0 fully saturated rings. The van der Waals surface area contributed by atoms with Crippen LogP contribution < -0.4 is 15.8 Å². The lowest BCUT2D eigenvalue weighted by Gasteiger charge is -2.10. The number of hydrogen-bond acceptors (Lipinski definition) is 6. The smallest absolute Gasteiger partial charge is 0.339 e. The molecule has 2 heterocycles. The summed E-state index contributed by atoms with van der Waals surface area (Å²) in [5.41, 5.74) is -0.483. The summed E-state index contributed by atoms with van der Waals surface area (Å²) in [4.78, 5) is 36.4. The molecule has 0 saturated carbocycles. The average Bonchev–Trinajstić information content (AvgIpc) is 2.52. The molecular weight excluding hydrogens is 312 g/mol. The molecule has 124 valence electrons. The molecule has 0 N–H and O–H groups in total. The van der Waals surface area contributed by atoms with E-state index in [4.69, 9.17) is 13.6 Å². The van der Waals surface area contributed by atoms with E-state index in [1.54, 1.807) is 0 Å². The highest BCUT2D eigenvalue weighted by Gasteiger charge is 2.20. The van der Waals surface area contributed by atoms with Crippen LogP contribution in [0.25, 0.3) is 21.9 Å². The second-order valence-corrected chi connectivity index (χ2v) is 5.52. The van der Waals surface area contributed by atoms with Gasteiger partial charge in [0, 0.05) is 18.1 Å². The fraction of sp³-hybridized carbons (Fsp3) is 0.278. The van der Waals surface area contributed by atoms with Crippen molar-refractivity contribution in [2.24, 2.45) is 0 Å². The average molecular weight is 328 g/mol. The van der Waals surface area contributed by atoms with Crippen molar-refractivity contribution in [2.45, 2.75) is 26.7 Å². The Bertz CT molecular complexity index is 1070. The summed E-state index contributed by atoms with van der Waals surface area (Å²) in [7, 11) is 1.38. The van der Waals surface area contributed by atoms with Crippen LogP contribution in [0.5, 0.6) is 5.75 Å². The molecule has 3 rings (SSSR count). The second-order valence-electron chi connectivity index (χ2n) is 5.52. The molecule has 2 aromatic heterocycles. The summed E-state index contributed by atoms with van der Waals surface area (Å²) >= 11 is 0. The minimum Gasteiger partial charge on any atom is -0.496 e. The molecule has 6 nitrogen and oxygen atoms in total. The fourth-order valence-corrected chi connectivity index (χ4v) is 2.80. The third-order valence-electron chi connectivity index (χ3n) is 3.82. The van der Waals surface area contributed by atoms with Gasteiger partial charge in [-0.3, -0.25) is 9.59 Å². The fourth-order valence-electron chi connectivity index (χ4n) is 2.80. The van der Waals surface area contributed by atoms with Crippen molar-refractivity contribution in [1.29, 1.82) is 0 Å². The SMILES string of the molecule is CCCc1cc(=O)c2c(cc(C(C)=O)c3c(OC)cc(=O)oc32)o1. The minimum absolute atomic E-state index is 0.0128. The van der Waals surface area contributed by atoms with Gasteiger partial charge < -0.3 is 13.6 Å². The normalized spacial score (nSPS) is 11.1. The van der Waals surface area contributed by atoms with Crippen molar-refractivity contribution in [2.75, 3.05) is 7.11 Å². The maximum absolute atomic E-state index is 12.5. The molecule has 0 radical (unpaired) electrons. The molecule has 0 aliphatic rings. The van der Waals surface area contributed by atoms with E-state index < -0.39 is 5.63 Å². The Hall–Kier alpha value is -2.89. The van der Waals surface area contributed by atoms with Gasteiger partial charge >= 0.3 is 5.63 Å². The van der Waals surface area contributed by atoms with Crippen LogP contribution in [-0.4, -0.2) is 12.9 Å². The maximum Gasteiger partial charge on any atom is 0.339 e. The van der Waals surface area contributed by atoms with Crippen LogP contribution in [0.15, 0.2) is 36.6 Å². The first kappa shape index (κ1) is 16.0. The van der Waals surface area contributed by atoms with E-state index in [0.717, 1.165) is 12.5 Å². The topological polar surface area (TPSA) is 86.7 Å². The van der Waals surface area contributed by atoms with Gasteiger partial charge in [-0.1, -0.05) is 6.92 Å². The van der Waals surface area contributed by atoms with Gasteiger partial charge in [0.05, 0.1) is 18.6 Å². The van der Waals surface area contributed by atoms with Gasteiger partial charge in [-0.15, -0.1) is 0 Å². The van der Waals surface area contributed by atoms with E-state index in [1.165, 1.54) is 26.2 Å². The third-order valence-corrected chi connectivity index (χ3v) is 3.82.